The molecule has 0 bridgehead atoms. The lowest BCUT2D eigenvalue weighted by Crippen LogP contribution is -2.25. The molecular weight excluding hydrogens is 384 g/mol. The number of thioether (sulfide) groups is 1. The van der Waals surface area contributed by atoms with Crippen molar-refractivity contribution in [1.29, 1.82) is 0 Å². The lowest BCUT2D eigenvalue weighted by atomic mass is 9.86. The Balaban J connectivity index is 1.28. The van der Waals surface area contributed by atoms with Gasteiger partial charge in [0, 0.05) is 12.8 Å². The molecule has 4 rings (SSSR count). The molecule has 1 aromatic heterocycles. The Morgan fingerprint density at radius 3 is 2.72 bits per heavy atom. The Hall–Kier alpha value is -2.35. The highest BCUT2D eigenvalue weighted by Gasteiger charge is 2.23. The van der Waals surface area contributed by atoms with Gasteiger partial charge in [0.2, 0.25) is 5.16 Å². The van der Waals surface area contributed by atoms with Crippen LogP contribution in [0.1, 0.15) is 56.3 Å². The summed E-state index contributed by atoms with van der Waals surface area (Å²) in [5, 5.41) is 15.1. The fourth-order valence-corrected chi connectivity index (χ4v) is 4.80. The van der Waals surface area contributed by atoms with Crippen molar-refractivity contribution < 1.29 is 4.79 Å². The number of amides is 1. The minimum Gasteiger partial charge on any atom is -0.336 e. The molecule has 154 valence electrons. The van der Waals surface area contributed by atoms with E-state index in [-0.39, 0.29) is 11.7 Å². The summed E-state index contributed by atoms with van der Waals surface area (Å²) in [6.07, 6.45) is 9.42. The zero-order valence-electron chi connectivity index (χ0n) is 16.7. The molecule has 2 heterocycles. The van der Waals surface area contributed by atoms with E-state index >= 15 is 0 Å². The van der Waals surface area contributed by atoms with E-state index < -0.39 is 0 Å². The van der Waals surface area contributed by atoms with E-state index in [4.69, 9.17) is 5.84 Å². The molecule has 1 fully saturated rings. The largest absolute Gasteiger partial charge is 0.336 e. The molecule has 1 aliphatic carbocycles. The van der Waals surface area contributed by atoms with Crippen molar-refractivity contribution in [3.63, 3.8) is 0 Å². The first-order chi connectivity index (χ1) is 14.2. The van der Waals surface area contributed by atoms with Crippen LogP contribution in [-0.2, 0) is 11.2 Å². The highest BCUT2D eigenvalue weighted by Crippen LogP contribution is 2.27. The second-order valence-corrected chi connectivity index (χ2v) is 8.72. The zero-order valence-corrected chi connectivity index (χ0v) is 17.5. The topological polar surface area (TPSA) is 89.4 Å². The summed E-state index contributed by atoms with van der Waals surface area (Å²) >= 11 is 1.33. The van der Waals surface area contributed by atoms with Crippen LogP contribution < -0.4 is 5.84 Å². The Bertz CT molecular complexity index is 859. The average Bonchev–Trinajstić information content (AvgIpc) is 3.39. The number of hydrogen-bond donors (Lipinski definition) is 1. The molecule has 0 saturated heterocycles. The maximum Gasteiger partial charge on any atom is 0.253 e. The molecule has 7 nitrogen and oxygen atoms in total. The third-order valence-electron chi connectivity index (χ3n) is 5.76. The fourth-order valence-electron chi connectivity index (χ4n) is 4.06. The highest BCUT2D eigenvalue weighted by molar-refractivity contribution is 7.99. The number of aryl methyl sites for hydroxylation is 1. The molecule has 0 radical (unpaired) electrons. The number of aromatic nitrogens is 3. The van der Waals surface area contributed by atoms with E-state index in [0.717, 1.165) is 42.3 Å². The second kappa shape index (κ2) is 9.43. The number of nitrogens with two attached hydrogens (primary N) is 1. The Labute approximate surface area is 175 Å². The van der Waals surface area contributed by atoms with Crippen molar-refractivity contribution in [3.05, 3.63) is 41.7 Å². The minimum absolute atomic E-state index is 0.0345. The SMILES string of the molecule is Nn1c(CCC2CCCCC2)nnc1SCC(=O)N1CCC(c2ccccc2)=N1. The van der Waals surface area contributed by atoms with E-state index in [2.05, 4.69) is 15.3 Å². The summed E-state index contributed by atoms with van der Waals surface area (Å²) in [4.78, 5) is 12.5. The molecule has 1 aromatic carbocycles. The third kappa shape index (κ3) is 4.98. The van der Waals surface area contributed by atoms with Gasteiger partial charge in [-0.15, -0.1) is 10.2 Å². The van der Waals surface area contributed by atoms with Gasteiger partial charge in [-0.2, -0.15) is 5.10 Å². The van der Waals surface area contributed by atoms with Crippen LogP contribution in [0.5, 0.6) is 0 Å². The monoisotopic (exact) mass is 412 g/mol. The number of hydrogen-bond acceptors (Lipinski definition) is 6. The van der Waals surface area contributed by atoms with Crippen LogP contribution in [-0.4, -0.2) is 43.8 Å². The number of hydrazone groups is 1. The molecular formula is C21H28N6OS. The smallest absolute Gasteiger partial charge is 0.253 e. The van der Waals surface area contributed by atoms with Gasteiger partial charge in [0.05, 0.1) is 18.0 Å². The maximum absolute atomic E-state index is 12.5. The maximum atomic E-state index is 12.5. The van der Waals surface area contributed by atoms with E-state index in [9.17, 15) is 4.79 Å². The van der Waals surface area contributed by atoms with Gasteiger partial charge in [-0.25, -0.2) is 9.69 Å². The van der Waals surface area contributed by atoms with E-state index in [1.54, 1.807) is 9.69 Å². The Kier molecular flexibility index (Phi) is 6.49. The first-order valence-corrected chi connectivity index (χ1v) is 11.4. The lowest BCUT2D eigenvalue weighted by molar-refractivity contribution is -0.127. The first kappa shape index (κ1) is 19.9. The van der Waals surface area contributed by atoms with Gasteiger partial charge in [-0.05, 0) is 17.9 Å². The second-order valence-electron chi connectivity index (χ2n) is 7.78. The molecule has 2 N–H and O–H groups in total. The van der Waals surface area contributed by atoms with E-state index in [1.165, 1.54) is 43.9 Å². The van der Waals surface area contributed by atoms with Crippen molar-refractivity contribution in [2.75, 3.05) is 18.1 Å². The summed E-state index contributed by atoms with van der Waals surface area (Å²) in [5.41, 5.74) is 2.02. The van der Waals surface area contributed by atoms with Crippen molar-refractivity contribution in [3.8, 4) is 0 Å². The van der Waals surface area contributed by atoms with Crippen LogP contribution in [0.4, 0.5) is 0 Å². The number of benzene rings is 1. The van der Waals surface area contributed by atoms with E-state index in [1.807, 2.05) is 30.3 Å². The molecule has 8 heteroatoms. The van der Waals surface area contributed by atoms with Gasteiger partial charge in [-0.3, -0.25) is 4.79 Å². The van der Waals surface area contributed by atoms with Crippen molar-refractivity contribution in [2.24, 2.45) is 11.0 Å². The molecule has 0 atom stereocenters. The predicted molar refractivity (Wildman–Crippen MR) is 115 cm³/mol. The molecule has 2 aliphatic rings. The number of carbonyl (C=O) groups is 1. The van der Waals surface area contributed by atoms with Crippen LogP contribution in [0, 0.1) is 5.92 Å². The summed E-state index contributed by atoms with van der Waals surface area (Å²) < 4.78 is 1.55. The fraction of sp³-hybridized carbons (Fsp3) is 0.524. The van der Waals surface area contributed by atoms with Gasteiger partial charge in [0.15, 0.2) is 5.82 Å². The van der Waals surface area contributed by atoms with Crippen molar-refractivity contribution in [1.82, 2.24) is 19.9 Å². The number of nitrogens with zero attached hydrogens (tertiary/aromatic N) is 5. The Morgan fingerprint density at radius 2 is 1.93 bits per heavy atom. The summed E-state index contributed by atoms with van der Waals surface area (Å²) in [6.45, 7) is 0.617. The summed E-state index contributed by atoms with van der Waals surface area (Å²) in [6, 6.07) is 9.99. The molecule has 29 heavy (non-hydrogen) atoms. The van der Waals surface area contributed by atoms with Crippen LogP contribution in [0.15, 0.2) is 40.6 Å². The minimum atomic E-state index is -0.0345. The summed E-state index contributed by atoms with van der Waals surface area (Å²) in [5.74, 6) is 7.98. The van der Waals surface area contributed by atoms with Crippen LogP contribution in [0.3, 0.4) is 0 Å². The number of nitrogen functional groups attached to an aromatic ring is 1. The molecule has 1 saturated carbocycles. The number of carbonyl (C=O) groups excluding carboxylic acids is 1. The van der Waals surface area contributed by atoms with Crippen LogP contribution in [0.2, 0.25) is 0 Å². The lowest BCUT2D eigenvalue weighted by Gasteiger charge is -2.20. The highest BCUT2D eigenvalue weighted by atomic mass is 32.2. The average molecular weight is 413 g/mol. The van der Waals surface area contributed by atoms with Gasteiger partial charge in [0.1, 0.15) is 0 Å². The molecule has 0 spiro atoms. The summed E-state index contributed by atoms with van der Waals surface area (Å²) in [7, 11) is 0. The van der Waals surface area contributed by atoms with Gasteiger partial charge in [0.25, 0.3) is 5.91 Å². The van der Waals surface area contributed by atoms with Gasteiger partial charge in [-0.1, -0.05) is 74.2 Å². The van der Waals surface area contributed by atoms with Crippen molar-refractivity contribution >= 4 is 23.4 Å². The van der Waals surface area contributed by atoms with Gasteiger partial charge < -0.3 is 5.84 Å². The van der Waals surface area contributed by atoms with Crippen LogP contribution in [0.25, 0.3) is 0 Å². The molecule has 0 unspecified atom stereocenters. The predicted octanol–water partition coefficient (Wildman–Crippen LogP) is 3.23. The Morgan fingerprint density at radius 1 is 1.14 bits per heavy atom. The zero-order chi connectivity index (χ0) is 20.1. The molecule has 1 amide bonds. The third-order valence-corrected chi connectivity index (χ3v) is 6.69. The normalized spacial score (nSPS) is 17.5. The van der Waals surface area contributed by atoms with Gasteiger partial charge >= 0.3 is 0 Å². The number of rotatable bonds is 7. The molecule has 2 aromatic rings. The van der Waals surface area contributed by atoms with Crippen LogP contribution >= 0.6 is 11.8 Å². The van der Waals surface area contributed by atoms with Crippen molar-refractivity contribution in [2.45, 2.75) is 56.5 Å². The quantitative estimate of drug-likeness (QED) is 0.557. The molecule has 1 aliphatic heterocycles. The first-order valence-electron chi connectivity index (χ1n) is 10.5. The van der Waals surface area contributed by atoms with E-state index in [0.29, 0.717) is 11.7 Å². The standard InChI is InChI=1S/C21H28N6OS/c22-27-19(12-11-16-7-3-1-4-8-16)23-24-21(27)29-15-20(28)26-14-13-18(25-26)17-9-5-2-6-10-17/h2,5-6,9-10,16H,1,3-4,7-8,11-15,22H2.